The highest BCUT2D eigenvalue weighted by Crippen LogP contribution is 2.54. The summed E-state index contributed by atoms with van der Waals surface area (Å²) in [5, 5.41) is 21.9. The number of nitrogens with one attached hydrogen (secondary N) is 1. The van der Waals surface area contributed by atoms with Crippen LogP contribution in [0.3, 0.4) is 0 Å². The van der Waals surface area contributed by atoms with Crippen molar-refractivity contribution in [3.05, 3.63) is 58.4 Å². The molecule has 184 valence electrons. The van der Waals surface area contributed by atoms with Crippen molar-refractivity contribution in [2.45, 2.75) is 41.9 Å². The third kappa shape index (κ3) is 4.10. The van der Waals surface area contributed by atoms with Gasteiger partial charge in [0.15, 0.2) is 27.3 Å². The van der Waals surface area contributed by atoms with Crippen molar-refractivity contribution in [2.24, 2.45) is 17.8 Å². The monoisotopic (exact) mass is 517 g/mol. The van der Waals surface area contributed by atoms with Gasteiger partial charge in [-0.15, -0.1) is 0 Å². The number of amides is 1. The van der Waals surface area contributed by atoms with E-state index >= 15 is 0 Å². The summed E-state index contributed by atoms with van der Waals surface area (Å²) < 4.78 is 67.0. The molecule has 2 aliphatic rings. The minimum atomic E-state index is -4.02. The number of carbonyl (C=O) groups excluding carboxylic acids is 1. The van der Waals surface area contributed by atoms with Gasteiger partial charge in [0.2, 0.25) is 0 Å². The molecule has 34 heavy (non-hydrogen) atoms. The molecule has 2 bridgehead atoms. The lowest BCUT2D eigenvalue weighted by atomic mass is 9.74. The number of aliphatic hydroxyl groups excluding tert-OH is 1. The molecule has 6 nitrogen and oxygen atoms in total. The summed E-state index contributed by atoms with van der Waals surface area (Å²) in [6.45, 7) is 1.47. The third-order valence-corrected chi connectivity index (χ3v) is 9.85. The minimum absolute atomic E-state index is 0.0337. The average molecular weight is 518 g/mol. The highest BCUT2D eigenvalue weighted by molar-refractivity contribution is 7.92. The fourth-order valence-corrected chi connectivity index (χ4v) is 7.80. The number of sulfone groups is 1. The lowest BCUT2D eigenvalue weighted by Gasteiger charge is -2.41. The molecule has 2 aromatic carbocycles. The predicted octanol–water partition coefficient (Wildman–Crippen LogP) is 3.94. The van der Waals surface area contributed by atoms with E-state index in [0.717, 1.165) is 6.07 Å². The van der Waals surface area contributed by atoms with Crippen LogP contribution in [-0.4, -0.2) is 42.0 Å². The Morgan fingerprint density at radius 1 is 1.15 bits per heavy atom. The standard InChI is InChI=1S/C23H23ClF3NO5S/c1-11-4-13-6-15(9-16(11)23(13,31)10-29)34(32,33)20-5-12(2-3-17(20)24)22(30)28-14-7-18(25)21(27)19(26)8-14/h2-3,5,7-8,11,13,15-16,29,31H,4,6,9-10H2,1H3,(H,28,30)/t11-,13?,15+,16+,23+/m0/s1. The van der Waals surface area contributed by atoms with E-state index in [1.165, 1.54) is 12.1 Å². The molecule has 2 saturated carbocycles. The molecule has 0 aromatic heterocycles. The smallest absolute Gasteiger partial charge is 0.255 e. The number of halogens is 4. The first kappa shape index (κ1) is 25.0. The summed E-state index contributed by atoms with van der Waals surface area (Å²) in [6.07, 6.45) is 0.869. The lowest BCUT2D eigenvalue weighted by molar-refractivity contribution is -0.0985. The van der Waals surface area contributed by atoms with Gasteiger partial charge in [0.05, 0.1) is 27.4 Å². The molecule has 3 N–H and O–H groups in total. The number of aliphatic hydroxyl groups is 2. The summed E-state index contributed by atoms with van der Waals surface area (Å²) in [7, 11) is -4.02. The maximum Gasteiger partial charge on any atom is 0.255 e. The van der Waals surface area contributed by atoms with E-state index in [4.69, 9.17) is 11.6 Å². The number of hydrogen-bond donors (Lipinski definition) is 3. The molecule has 11 heteroatoms. The Hall–Kier alpha value is -2.14. The summed E-state index contributed by atoms with van der Waals surface area (Å²) in [5.74, 6) is -6.28. The Balaban J connectivity index is 1.61. The zero-order valence-electron chi connectivity index (χ0n) is 18.1. The molecule has 0 saturated heterocycles. The van der Waals surface area contributed by atoms with Crippen molar-refractivity contribution in [1.82, 2.24) is 0 Å². The zero-order chi connectivity index (χ0) is 25.0. The Labute approximate surface area is 199 Å². The van der Waals surface area contributed by atoms with Crippen molar-refractivity contribution in [3.63, 3.8) is 0 Å². The second-order valence-corrected chi connectivity index (χ2v) is 11.8. The number of rotatable bonds is 5. The molecule has 0 aliphatic heterocycles. The van der Waals surface area contributed by atoms with Crippen molar-refractivity contribution in [2.75, 3.05) is 11.9 Å². The van der Waals surface area contributed by atoms with Crippen LogP contribution in [0.4, 0.5) is 18.9 Å². The van der Waals surface area contributed by atoms with Crippen LogP contribution in [0.2, 0.25) is 5.02 Å². The molecular weight excluding hydrogens is 495 g/mol. The molecule has 5 atom stereocenters. The van der Waals surface area contributed by atoms with Gasteiger partial charge in [-0.25, -0.2) is 21.6 Å². The molecule has 0 radical (unpaired) electrons. The molecule has 1 unspecified atom stereocenters. The Kier molecular flexibility index (Phi) is 6.48. The van der Waals surface area contributed by atoms with Crippen LogP contribution < -0.4 is 5.32 Å². The summed E-state index contributed by atoms with van der Waals surface area (Å²) in [4.78, 5) is 12.3. The molecule has 2 aromatic rings. The normalized spacial score (nSPS) is 28.7. The van der Waals surface area contributed by atoms with Crippen LogP contribution in [0.25, 0.3) is 0 Å². The van der Waals surface area contributed by atoms with E-state index in [1.54, 1.807) is 0 Å². The highest BCUT2D eigenvalue weighted by Gasteiger charge is 2.58. The van der Waals surface area contributed by atoms with Crippen LogP contribution in [0.5, 0.6) is 0 Å². The van der Waals surface area contributed by atoms with Gasteiger partial charge in [-0.05, 0) is 55.2 Å². The predicted molar refractivity (Wildman–Crippen MR) is 119 cm³/mol. The molecule has 4 rings (SSSR count). The first-order valence-electron chi connectivity index (χ1n) is 10.7. The van der Waals surface area contributed by atoms with E-state index in [2.05, 4.69) is 5.32 Å². The van der Waals surface area contributed by atoms with Crippen LogP contribution in [-0.2, 0) is 9.84 Å². The fraction of sp³-hybridized carbons (Fsp3) is 0.435. The highest BCUT2D eigenvalue weighted by atomic mass is 35.5. The van der Waals surface area contributed by atoms with E-state index in [9.17, 15) is 36.6 Å². The van der Waals surface area contributed by atoms with Gasteiger partial charge in [-0.3, -0.25) is 4.79 Å². The average Bonchev–Trinajstić information content (AvgIpc) is 2.90. The lowest BCUT2D eigenvalue weighted by Crippen LogP contribution is -2.51. The van der Waals surface area contributed by atoms with Crippen molar-refractivity contribution in [1.29, 1.82) is 0 Å². The van der Waals surface area contributed by atoms with Gasteiger partial charge in [-0.1, -0.05) is 18.5 Å². The number of carbonyl (C=O) groups is 1. The van der Waals surface area contributed by atoms with E-state index in [1.807, 2.05) is 6.92 Å². The zero-order valence-corrected chi connectivity index (χ0v) is 19.6. The largest absolute Gasteiger partial charge is 0.393 e. The van der Waals surface area contributed by atoms with Gasteiger partial charge in [-0.2, -0.15) is 0 Å². The quantitative estimate of drug-likeness (QED) is 0.521. The van der Waals surface area contributed by atoms with Gasteiger partial charge in [0.1, 0.15) is 0 Å². The van der Waals surface area contributed by atoms with Crippen LogP contribution in [0, 0.1) is 35.2 Å². The Morgan fingerprint density at radius 2 is 1.79 bits per heavy atom. The minimum Gasteiger partial charge on any atom is -0.393 e. The van der Waals surface area contributed by atoms with Crippen LogP contribution in [0.15, 0.2) is 35.2 Å². The Morgan fingerprint density at radius 3 is 2.38 bits per heavy atom. The van der Waals surface area contributed by atoms with E-state index in [0.29, 0.717) is 18.6 Å². The molecule has 2 aliphatic carbocycles. The first-order chi connectivity index (χ1) is 15.9. The first-order valence-corrected chi connectivity index (χ1v) is 12.6. The number of anilines is 1. The Bertz CT molecular complexity index is 1230. The molecule has 2 fully saturated rings. The molecule has 0 heterocycles. The topological polar surface area (TPSA) is 104 Å². The summed E-state index contributed by atoms with van der Waals surface area (Å²) in [5.41, 5.74) is -1.80. The second kappa shape index (κ2) is 8.82. The van der Waals surface area contributed by atoms with Gasteiger partial charge < -0.3 is 15.5 Å². The number of benzene rings is 2. The second-order valence-electron chi connectivity index (χ2n) is 9.16. The number of hydrogen-bond acceptors (Lipinski definition) is 5. The van der Waals surface area contributed by atoms with Crippen LogP contribution in [0.1, 0.15) is 36.5 Å². The molecule has 1 amide bonds. The third-order valence-electron chi connectivity index (χ3n) is 7.19. The van der Waals surface area contributed by atoms with Gasteiger partial charge in [0.25, 0.3) is 5.91 Å². The van der Waals surface area contributed by atoms with Crippen molar-refractivity contribution in [3.8, 4) is 0 Å². The van der Waals surface area contributed by atoms with Gasteiger partial charge in [0, 0.05) is 23.4 Å². The van der Waals surface area contributed by atoms with Crippen molar-refractivity contribution < 1.29 is 36.6 Å². The van der Waals surface area contributed by atoms with E-state index in [-0.39, 0.29) is 45.8 Å². The van der Waals surface area contributed by atoms with Crippen LogP contribution >= 0.6 is 11.6 Å². The maximum atomic E-state index is 13.5. The van der Waals surface area contributed by atoms with Gasteiger partial charge >= 0.3 is 0 Å². The SMILES string of the molecule is C[C@H]1CC2C[C@@H](S(=O)(=O)c3cc(C(=O)Nc4cc(F)c(F)c(F)c4)ccc3Cl)C[C@H]1[C@@]2(O)CO. The maximum absolute atomic E-state index is 13.5. The molecular formula is C23H23ClF3NO5S. The van der Waals surface area contributed by atoms with Crippen molar-refractivity contribution >= 4 is 33.0 Å². The summed E-state index contributed by atoms with van der Waals surface area (Å²) in [6, 6.07) is 4.78. The van der Waals surface area contributed by atoms with E-state index < -0.39 is 56.6 Å². The molecule has 0 spiro atoms. The number of fused-ring (bicyclic) bond motifs is 2. The fourth-order valence-electron chi connectivity index (χ4n) is 5.42. The summed E-state index contributed by atoms with van der Waals surface area (Å²) >= 11 is 6.18.